The van der Waals surface area contributed by atoms with E-state index in [4.69, 9.17) is 0 Å². The second kappa shape index (κ2) is 5.22. The Morgan fingerprint density at radius 2 is 2.15 bits per heavy atom. The van der Waals surface area contributed by atoms with E-state index in [0.29, 0.717) is 17.7 Å². The van der Waals surface area contributed by atoms with Crippen LogP contribution in [0.3, 0.4) is 0 Å². The van der Waals surface area contributed by atoms with Crippen molar-refractivity contribution in [1.29, 1.82) is 0 Å². The SMILES string of the molecule is O=C(O)c1nnc2ccccc2c1NCc1cncs1. The predicted molar refractivity (Wildman–Crippen MR) is 75.9 cm³/mol. The van der Waals surface area contributed by atoms with Crippen molar-refractivity contribution in [2.45, 2.75) is 6.54 Å². The third-order valence-electron chi connectivity index (χ3n) is 2.79. The van der Waals surface area contributed by atoms with Gasteiger partial charge in [-0.15, -0.1) is 21.5 Å². The molecule has 0 saturated heterocycles. The van der Waals surface area contributed by atoms with Crippen LogP contribution in [0.15, 0.2) is 36.0 Å². The van der Waals surface area contributed by atoms with Gasteiger partial charge in [-0.1, -0.05) is 18.2 Å². The van der Waals surface area contributed by atoms with E-state index < -0.39 is 5.97 Å². The van der Waals surface area contributed by atoms with Gasteiger partial charge in [0.15, 0.2) is 5.69 Å². The summed E-state index contributed by atoms with van der Waals surface area (Å²) in [7, 11) is 0. The fraction of sp³-hybridized carbons (Fsp3) is 0.0769. The second-order valence-electron chi connectivity index (χ2n) is 4.07. The van der Waals surface area contributed by atoms with Crippen molar-refractivity contribution < 1.29 is 9.90 Å². The number of carbonyl (C=O) groups is 1. The predicted octanol–water partition coefficient (Wildman–Crippen LogP) is 2.40. The Balaban J connectivity index is 2.05. The number of aromatic carboxylic acids is 1. The summed E-state index contributed by atoms with van der Waals surface area (Å²) in [6.45, 7) is 0.501. The van der Waals surface area contributed by atoms with Crippen molar-refractivity contribution in [2.24, 2.45) is 0 Å². The maximum absolute atomic E-state index is 11.3. The van der Waals surface area contributed by atoms with Gasteiger partial charge in [0.25, 0.3) is 0 Å². The van der Waals surface area contributed by atoms with Gasteiger partial charge in [0, 0.05) is 16.5 Å². The minimum Gasteiger partial charge on any atom is -0.476 e. The standard InChI is InChI=1S/C13H10N4O2S/c18-13(19)12-11(15-6-8-5-14-7-20-8)9-3-1-2-4-10(9)16-17-12/h1-5,7H,6H2,(H,15,16)(H,18,19). The lowest BCUT2D eigenvalue weighted by atomic mass is 10.1. The molecule has 3 aromatic rings. The molecule has 2 N–H and O–H groups in total. The lowest BCUT2D eigenvalue weighted by Crippen LogP contribution is -2.10. The molecule has 0 bridgehead atoms. The van der Waals surface area contributed by atoms with Crippen LogP contribution in [0.4, 0.5) is 5.69 Å². The van der Waals surface area contributed by atoms with Gasteiger partial charge in [0.05, 0.1) is 23.3 Å². The number of carboxylic acid groups (broad SMARTS) is 1. The molecule has 0 fully saturated rings. The summed E-state index contributed by atoms with van der Waals surface area (Å²) in [5.74, 6) is -1.10. The third kappa shape index (κ3) is 2.30. The molecule has 1 aromatic carbocycles. The first-order valence-electron chi connectivity index (χ1n) is 5.85. The normalized spacial score (nSPS) is 10.6. The summed E-state index contributed by atoms with van der Waals surface area (Å²) in [6.07, 6.45) is 1.74. The smallest absolute Gasteiger partial charge is 0.358 e. The van der Waals surface area contributed by atoms with Crippen LogP contribution in [0.2, 0.25) is 0 Å². The Morgan fingerprint density at radius 3 is 2.90 bits per heavy atom. The minimum atomic E-state index is -1.10. The van der Waals surface area contributed by atoms with Gasteiger partial charge in [-0.05, 0) is 6.07 Å². The lowest BCUT2D eigenvalue weighted by molar-refractivity contribution is 0.0690. The summed E-state index contributed by atoms with van der Waals surface area (Å²) in [6, 6.07) is 7.30. The monoisotopic (exact) mass is 286 g/mol. The van der Waals surface area contributed by atoms with Crippen LogP contribution < -0.4 is 5.32 Å². The van der Waals surface area contributed by atoms with E-state index >= 15 is 0 Å². The molecule has 2 aromatic heterocycles. The molecule has 0 saturated carbocycles. The minimum absolute atomic E-state index is 0.0757. The van der Waals surface area contributed by atoms with Gasteiger partial charge in [-0.3, -0.25) is 4.98 Å². The Morgan fingerprint density at radius 1 is 1.30 bits per heavy atom. The van der Waals surface area contributed by atoms with Gasteiger partial charge >= 0.3 is 5.97 Å². The summed E-state index contributed by atoms with van der Waals surface area (Å²) in [5.41, 5.74) is 2.80. The largest absolute Gasteiger partial charge is 0.476 e. The maximum Gasteiger partial charge on any atom is 0.358 e. The molecule has 6 nitrogen and oxygen atoms in total. The Kier molecular flexibility index (Phi) is 3.26. The molecule has 0 amide bonds. The molecular formula is C13H10N4O2S. The Labute approximate surface area is 118 Å². The van der Waals surface area contributed by atoms with Crippen LogP contribution in [0, 0.1) is 0 Å². The fourth-order valence-electron chi connectivity index (χ4n) is 1.89. The number of carboxylic acids is 1. The second-order valence-corrected chi connectivity index (χ2v) is 5.04. The van der Waals surface area contributed by atoms with Crippen molar-refractivity contribution in [1.82, 2.24) is 15.2 Å². The van der Waals surface area contributed by atoms with Crippen molar-refractivity contribution in [3.63, 3.8) is 0 Å². The van der Waals surface area contributed by atoms with Crippen LogP contribution in [-0.4, -0.2) is 26.3 Å². The molecule has 0 spiro atoms. The summed E-state index contributed by atoms with van der Waals surface area (Å²) < 4.78 is 0. The number of hydrogen-bond acceptors (Lipinski definition) is 6. The van der Waals surface area contributed by atoms with E-state index in [9.17, 15) is 9.90 Å². The third-order valence-corrected chi connectivity index (χ3v) is 3.57. The van der Waals surface area contributed by atoms with Gasteiger partial charge in [0.2, 0.25) is 0 Å². The molecule has 2 heterocycles. The quantitative estimate of drug-likeness (QED) is 0.765. The zero-order valence-electron chi connectivity index (χ0n) is 10.3. The summed E-state index contributed by atoms with van der Waals surface area (Å²) in [4.78, 5) is 16.3. The van der Waals surface area contributed by atoms with Gasteiger partial charge in [-0.2, -0.15) is 0 Å². The number of nitrogens with one attached hydrogen (secondary N) is 1. The average Bonchev–Trinajstić information content (AvgIpc) is 2.97. The van der Waals surface area contributed by atoms with Gasteiger partial charge in [-0.25, -0.2) is 4.79 Å². The van der Waals surface area contributed by atoms with Crippen LogP contribution in [0.1, 0.15) is 15.4 Å². The molecule has 0 unspecified atom stereocenters. The number of hydrogen-bond donors (Lipinski definition) is 2. The molecule has 100 valence electrons. The molecule has 0 aliphatic carbocycles. The number of rotatable bonds is 4. The van der Waals surface area contributed by atoms with Crippen molar-refractivity contribution in [3.05, 3.63) is 46.5 Å². The van der Waals surface area contributed by atoms with E-state index in [2.05, 4.69) is 20.5 Å². The highest BCUT2D eigenvalue weighted by Gasteiger charge is 2.16. The number of benzene rings is 1. The molecule has 3 rings (SSSR count). The summed E-state index contributed by atoms with van der Waals surface area (Å²) >= 11 is 1.50. The molecule has 0 aliphatic heterocycles. The molecule has 0 aliphatic rings. The zero-order valence-corrected chi connectivity index (χ0v) is 11.1. The van der Waals surface area contributed by atoms with Gasteiger partial charge in [0.1, 0.15) is 0 Å². The van der Waals surface area contributed by atoms with Crippen molar-refractivity contribution in [3.8, 4) is 0 Å². The molecule has 0 radical (unpaired) electrons. The highest BCUT2D eigenvalue weighted by atomic mass is 32.1. The van der Waals surface area contributed by atoms with Crippen molar-refractivity contribution >= 4 is 33.9 Å². The lowest BCUT2D eigenvalue weighted by Gasteiger charge is -2.10. The van der Waals surface area contributed by atoms with Crippen LogP contribution in [-0.2, 0) is 6.54 Å². The van der Waals surface area contributed by atoms with E-state index in [1.165, 1.54) is 11.3 Å². The first kappa shape index (κ1) is 12.5. The van der Waals surface area contributed by atoms with E-state index in [-0.39, 0.29) is 5.69 Å². The highest BCUT2D eigenvalue weighted by molar-refractivity contribution is 7.09. The first-order chi connectivity index (χ1) is 9.75. The molecule has 0 atom stereocenters. The van der Waals surface area contributed by atoms with Crippen LogP contribution in [0.5, 0.6) is 0 Å². The van der Waals surface area contributed by atoms with E-state index in [1.54, 1.807) is 17.8 Å². The van der Waals surface area contributed by atoms with Crippen molar-refractivity contribution in [2.75, 3.05) is 5.32 Å². The number of fused-ring (bicyclic) bond motifs is 1. The van der Waals surface area contributed by atoms with E-state index in [1.807, 2.05) is 18.2 Å². The highest BCUT2D eigenvalue weighted by Crippen LogP contribution is 2.25. The number of aromatic nitrogens is 3. The van der Waals surface area contributed by atoms with Crippen LogP contribution in [0.25, 0.3) is 10.9 Å². The first-order valence-corrected chi connectivity index (χ1v) is 6.73. The zero-order chi connectivity index (χ0) is 13.9. The average molecular weight is 286 g/mol. The molecule has 20 heavy (non-hydrogen) atoms. The van der Waals surface area contributed by atoms with Crippen LogP contribution >= 0.6 is 11.3 Å². The summed E-state index contributed by atoms with van der Waals surface area (Å²) in [5, 5.41) is 20.8. The van der Waals surface area contributed by atoms with Gasteiger partial charge < -0.3 is 10.4 Å². The topological polar surface area (TPSA) is 88.0 Å². The number of thiazole rings is 1. The number of nitrogens with zero attached hydrogens (tertiary/aromatic N) is 3. The van der Waals surface area contributed by atoms with E-state index in [0.717, 1.165) is 10.3 Å². The maximum atomic E-state index is 11.3. The Hall–Kier alpha value is -2.54. The fourth-order valence-corrected chi connectivity index (χ4v) is 2.42. The Bertz CT molecular complexity index is 758. The number of anilines is 1. The molecule has 7 heteroatoms. The molecular weight excluding hydrogens is 276 g/mol.